The number of furan rings is 1. The van der Waals surface area contributed by atoms with Crippen molar-refractivity contribution in [3.05, 3.63) is 23.7 Å². The number of rotatable bonds is 7. The monoisotopic (exact) mass is 297 g/mol. The molecule has 0 radical (unpaired) electrons. The summed E-state index contributed by atoms with van der Waals surface area (Å²) in [4.78, 5) is 13.4. The van der Waals surface area contributed by atoms with Gasteiger partial charge in [-0.25, -0.2) is 4.79 Å². The molecule has 0 aliphatic carbocycles. The molecule has 1 aliphatic rings. The van der Waals surface area contributed by atoms with Crippen molar-refractivity contribution in [3.63, 3.8) is 0 Å². The lowest BCUT2D eigenvalue weighted by molar-refractivity contribution is 0.243. The summed E-state index contributed by atoms with van der Waals surface area (Å²) in [7, 11) is 1.62. The summed E-state index contributed by atoms with van der Waals surface area (Å²) < 4.78 is 5.83. The number of carbonyl (C=O) groups is 1. The van der Waals surface area contributed by atoms with E-state index in [1.807, 2.05) is 0 Å². The zero-order valence-electron chi connectivity index (χ0n) is 12.0. The van der Waals surface area contributed by atoms with Crippen LogP contribution in [0.1, 0.15) is 24.4 Å². The van der Waals surface area contributed by atoms with E-state index in [9.17, 15) is 4.79 Å². The van der Waals surface area contributed by atoms with Crippen molar-refractivity contribution in [2.75, 3.05) is 32.4 Å². The van der Waals surface area contributed by atoms with Crippen LogP contribution in [0, 0.1) is 0 Å². The number of amides is 2. The highest BCUT2D eigenvalue weighted by Crippen LogP contribution is 2.18. The van der Waals surface area contributed by atoms with Gasteiger partial charge in [-0.1, -0.05) is 0 Å². The smallest absolute Gasteiger partial charge is 0.314 e. The minimum absolute atomic E-state index is 0.128. The zero-order chi connectivity index (χ0) is 14.2. The number of nitrogens with one attached hydrogen (secondary N) is 2. The molecule has 0 unspecified atom stereocenters. The van der Waals surface area contributed by atoms with E-state index in [-0.39, 0.29) is 6.03 Å². The molecule has 112 valence electrons. The molecule has 2 heterocycles. The Morgan fingerprint density at radius 2 is 2.10 bits per heavy atom. The quantitative estimate of drug-likeness (QED) is 0.756. The molecule has 1 aliphatic heterocycles. The first kappa shape index (κ1) is 15.3. The van der Waals surface area contributed by atoms with E-state index in [0.29, 0.717) is 6.54 Å². The van der Waals surface area contributed by atoms with E-state index in [4.69, 9.17) is 4.42 Å². The molecule has 5 nitrogen and oxygen atoms in total. The lowest BCUT2D eigenvalue weighted by Gasteiger charge is -2.11. The molecule has 1 aromatic heterocycles. The Hall–Kier alpha value is -1.14. The van der Waals surface area contributed by atoms with E-state index in [1.54, 1.807) is 18.8 Å². The van der Waals surface area contributed by atoms with Gasteiger partial charge in [-0.05, 0) is 38.1 Å². The van der Waals surface area contributed by atoms with Crippen LogP contribution >= 0.6 is 11.8 Å². The molecule has 0 spiro atoms. The molecule has 6 heteroatoms. The molecule has 1 saturated heterocycles. The third-order valence-electron chi connectivity index (χ3n) is 3.30. The summed E-state index contributed by atoms with van der Waals surface area (Å²) in [5.41, 5.74) is 0. The summed E-state index contributed by atoms with van der Waals surface area (Å²) in [6, 6.07) is 4.01. The Labute approximate surface area is 124 Å². The van der Waals surface area contributed by atoms with E-state index in [1.165, 1.54) is 25.9 Å². The topological polar surface area (TPSA) is 57.5 Å². The molecule has 2 amide bonds. The van der Waals surface area contributed by atoms with Gasteiger partial charge in [0.15, 0.2) is 0 Å². The van der Waals surface area contributed by atoms with Crippen LogP contribution in [0.3, 0.4) is 0 Å². The summed E-state index contributed by atoms with van der Waals surface area (Å²) in [5, 5.41) is 5.29. The van der Waals surface area contributed by atoms with Crippen LogP contribution in [-0.2, 0) is 12.3 Å². The first-order valence-electron chi connectivity index (χ1n) is 7.11. The van der Waals surface area contributed by atoms with Crippen LogP contribution < -0.4 is 10.6 Å². The fraction of sp³-hybridized carbons (Fsp3) is 0.643. The summed E-state index contributed by atoms with van der Waals surface area (Å²) in [5.74, 6) is 3.82. The summed E-state index contributed by atoms with van der Waals surface area (Å²) in [6.45, 7) is 3.99. The fourth-order valence-electron chi connectivity index (χ4n) is 2.24. The van der Waals surface area contributed by atoms with Gasteiger partial charge >= 0.3 is 6.03 Å². The van der Waals surface area contributed by atoms with Gasteiger partial charge < -0.3 is 15.1 Å². The molecule has 1 fully saturated rings. The van der Waals surface area contributed by atoms with Gasteiger partial charge in [0.1, 0.15) is 11.5 Å². The molecule has 0 atom stereocenters. The first-order valence-corrected chi connectivity index (χ1v) is 8.26. The maximum absolute atomic E-state index is 11.0. The van der Waals surface area contributed by atoms with Crippen molar-refractivity contribution in [3.8, 4) is 0 Å². The Morgan fingerprint density at radius 3 is 2.85 bits per heavy atom. The van der Waals surface area contributed by atoms with Gasteiger partial charge in [-0.3, -0.25) is 4.90 Å². The molecule has 2 N–H and O–H groups in total. The van der Waals surface area contributed by atoms with Gasteiger partial charge in [0.25, 0.3) is 0 Å². The third kappa shape index (κ3) is 5.09. The minimum atomic E-state index is -0.128. The molecule has 0 aromatic carbocycles. The minimum Gasteiger partial charge on any atom is -0.464 e. The second-order valence-electron chi connectivity index (χ2n) is 4.91. The van der Waals surface area contributed by atoms with Crippen LogP contribution in [0.25, 0.3) is 0 Å². The highest BCUT2D eigenvalue weighted by Gasteiger charge is 2.13. The third-order valence-corrected chi connectivity index (χ3v) is 4.28. The Morgan fingerprint density at radius 1 is 1.35 bits per heavy atom. The van der Waals surface area contributed by atoms with Crippen molar-refractivity contribution >= 4 is 17.8 Å². The van der Waals surface area contributed by atoms with Crippen molar-refractivity contribution in [2.45, 2.75) is 25.1 Å². The second-order valence-corrected chi connectivity index (χ2v) is 6.01. The van der Waals surface area contributed by atoms with E-state index in [2.05, 4.69) is 27.7 Å². The number of urea groups is 1. The molecule has 2 rings (SSSR count). The predicted octanol–water partition coefficient (Wildman–Crippen LogP) is 2.04. The molecular weight excluding hydrogens is 274 g/mol. The van der Waals surface area contributed by atoms with Crippen molar-refractivity contribution < 1.29 is 9.21 Å². The van der Waals surface area contributed by atoms with Crippen molar-refractivity contribution in [1.29, 1.82) is 0 Å². The van der Waals surface area contributed by atoms with Crippen LogP contribution in [0.5, 0.6) is 0 Å². The lowest BCUT2D eigenvalue weighted by atomic mass is 10.4. The highest BCUT2D eigenvalue weighted by atomic mass is 32.2. The first-order chi connectivity index (χ1) is 9.78. The van der Waals surface area contributed by atoms with Gasteiger partial charge in [0, 0.05) is 19.3 Å². The molecule has 20 heavy (non-hydrogen) atoms. The Bertz CT molecular complexity index is 416. The van der Waals surface area contributed by atoms with Crippen molar-refractivity contribution in [1.82, 2.24) is 15.5 Å². The maximum atomic E-state index is 11.0. The molecule has 0 saturated carbocycles. The number of carbonyl (C=O) groups excluding carboxylic acids is 1. The maximum Gasteiger partial charge on any atom is 0.314 e. The SMILES string of the molecule is CNC(=O)NCCSCc1ccc(CN2CCCC2)o1. The fourth-order valence-corrected chi connectivity index (χ4v) is 2.99. The lowest BCUT2D eigenvalue weighted by Crippen LogP contribution is -2.34. The molecule has 1 aromatic rings. The highest BCUT2D eigenvalue weighted by molar-refractivity contribution is 7.98. The number of thioether (sulfide) groups is 1. The largest absolute Gasteiger partial charge is 0.464 e. The Balaban J connectivity index is 1.61. The zero-order valence-corrected chi connectivity index (χ0v) is 12.8. The van der Waals surface area contributed by atoms with Gasteiger partial charge in [-0.2, -0.15) is 11.8 Å². The average Bonchev–Trinajstić information content (AvgIpc) is 3.10. The number of nitrogens with zero attached hydrogens (tertiary/aromatic N) is 1. The predicted molar refractivity (Wildman–Crippen MR) is 81.8 cm³/mol. The van der Waals surface area contributed by atoms with Crippen LogP contribution in [0.2, 0.25) is 0 Å². The van der Waals surface area contributed by atoms with Crippen LogP contribution in [0.15, 0.2) is 16.5 Å². The van der Waals surface area contributed by atoms with E-state index < -0.39 is 0 Å². The van der Waals surface area contributed by atoms with Crippen LogP contribution in [-0.4, -0.2) is 43.4 Å². The number of likely N-dealkylation sites (tertiary alicyclic amines) is 1. The summed E-state index contributed by atoms with van der Waals surface area (Å²) in [6.07, 6.45) is 2.61. The standard InChI is InChI=1S/C14H23N3O2S/c1-15-14(18)16-6-9-20-11-13-5-4-12(19-13)10-17-7-2-3-8-17/h4-5H,2-3,6-11H2,1H3,(H2,15,16,18). The van der Waals surface area contributed by atoms with E-state index in [0.717, 1.165) is 29.6 Å². The number of hydrogen-bond donors (Lipinski definition) is 2. The number of hydrogen-bond acceptors (Lipinski definition) is 4. The van der Waals surface area contributed by atoms with E-state index >= 15 is 0 Å². The molecular formula is C14H23N3O2S. The normalized spacial score (nSPS) is 15.4. The Kier molecular flexibility index (Phi) is 6.26. The van der Waals surface area contributed by atoms with Gasteiger partial charge in [-0.15, -0.1) is 0 Å². The van der Waals surface area contributed by atoms with Crippen LogP contribution in [0.4, 0.5) is 4.79 Å². The second kappa shape index (κ2) is 8.21. The average molecular weight is 297 g/mol. The molecule has 0 bridgehead atoms. The summed E-state index contributed by atoms with van der Waals surface area (Å²) >= 11 is 1.77. The van der Waals surface area contributed by atoms with Crippen molar-refractivity contribution in [2.24, 2.45) is 0 Å². The van der Waals surface area contributed by atoms with Gasteiger partial charge in [0.05, 0.1) is 12.3 Å². The van der Waals surface area contributed by atoms with Gasteiger partial charge in [0.2, 0.25) is 0 Å².